The van der Waals surface area contributed by atoms with Gasteiger partial charge in [0.25, 0.3) is 0 Å². The van der Waals surface area contributed by atoms with Crippen molar-refractivity contribution in [1.29, 1.82) is 0 Å². The predicted octanol–water partition coefficient (Wildman–Crippen LogP) is 4.32. The van der Waals surface area contributed by atoms with Gasteiger partial charge in [-0.15, -0.1) is 0 Å². The summed E-state index contributed by atoms with van der Waals surface area (Å²) in [6.07, 6.45) is 1.24. The smallest absolute Gasteiger partial charge is 0.320 e. The molecule has 2 fully saturated rings. The van der Waals surface area contributed by atoms with Crippen LogP contribution >= 0.6 is 23.2 Å². The number of rotatable bonds is 3. The van der Waals surface area contributed by atoms with Crippen LogP contribution in [0.25, 0.3) is 0 Å². The lowest BCUT2D eigenvalue weighted by Gasteiger charge is -2.53. The molecule has 2 aliphatic rings. The quantitative estimate of drug-likeness (QED) is 0.779. The Morgan fingerprint density at radius 1 is 1.14 bits per heavy atom. The molecule has 2 aromatic carbocycles. The number of amides is 2. The first-order chi connectivity index (χ1) is 13.4. The average molecular weight is 419 g/mol. The van der Waals surface area contributed by atoms with E-state index >= 15 is 0 Å². The molecule has 1 saturated carbocycles. The number of nitrogens with one attached hydrogen (secondary N) is 1. The molecular formula is C21H20Cl2N2O3. The fourth-order valence-corrected chi connectivity index (χ4v) is 4.83. The van der Waals surface area contributed by atoms with E-state index in [0.29, 0.717) is 34.9 Å². The van der Waals surface area contributed by atoms with Crippen LogP contribution < -0.4 is 5.32 Å². The van der Waals surface area contributed by atoms with Gasteiger partial charge < -0.3 is 10.4 Å². The maximum absolute atomic E-state index is 13.0. The molecule has 0 unspecified atom stereocenters. The molecule has 0 bridgehead atoms. The summed E-state index contributed by atoms with van der Waals surface area (Å²) in [5, 5.41) is 15.3. The van der Waals surface area contributed by atoms with Crippen molar-refractivity contribution in [3.63, 3.8) is 0 Å². The molecule has 1 aliphatic heterocycles. The normalized spacial score (nSPS) is 27.3. The number of aliphatic hydroxyl groups is 1. The lowest BCUT2D eigenvalue weighted by atomic mass is 9.71. The van der Waals surface area contributed by atoms with Crippen LogP contribution in [-0.2, 0) is 11.3 Å². The Morgan fingerprint density at radius 2 is 1.89 bits per heavy atom. The third-order valence-electron chi connectivity index (χ3n) is 5.62. The van der Waals surface area contributed by atoms with Crippen LogP contribution in [0.1, 0.15) is 36.4 Å². The van der Waals surface area contributed by atoms with Crippen molar-refractivity contribution in [2.75, 3.05) is 0 Å². The zero-order valence-corrected chi connectivity index (χ0v) is 16.6. The van der Waals surface area contributed by atoms with E-state index in [-0.39, 0.29) is 12.3 Å². The number of halogens is 2. The summed E-state index contributed by atoms with van der Waals surface area (Å²) < 4.78 is 0. The molecule has 146 valence electrons. The topological polar surface area (TPSA) is 69.6 Å². The Morgan fingerprint density at radius 3 is 2.61 bits per heavy atom. The molecule has 0 aromatic heterocycles. The summed E-state index contributed by atoms with van der Waals surface area (Å²) >= 11 is 12.4. The molecular weight excluding hydrogens is 399 g/mol. The molecule has 3 atom stereocenters. The van der Waals surface area contributed by atoms with Crippen LogP contribution in [0.2, 0.25) is 10.0 Å². The number of benzene rings is 2. The molecule has 1 saturated heterocycles. The van der Waals surface area contributed by atoms with Gasteiger partial charge in [0.2, 0.25) is 0 Å². The number of ketones is 1. The molecule has 7 heteroatoms. The molecule has 0 spiro atoms. The van der Waals surface area contributed by atoms with Crippen molar-refractivity contribution in [2.24, 2.45) is 5.92 Å². The van der Waals surface area contributed by atoms with Gasteiger partial charge in [0, 0.05) is 16.5 Å². The van der Waals surface area contributed by atoms with Gasteiger partial charge in [0.1, 0.15) is 5.78 Å². The van der Waals surface area contributed by atoms with Gasteiger partial charge in [-0.3, -0.25) is 9.69 Å². The van der Waals surface area contributed by atoms with Gasteiger partial charge in [0.15, 0.2) is 5.72 Å². The molecule has 2 N–H and O–H groups in total. The van der Waals surface area contributed by atoms with Crippen LogP contribution in [0.15, 0.2) is 48.5 Å². The molecule has 0 radical (unpaired) electrons. The summed E-state index contributed by atoms with van der Waals surface area (Å²) in [5.74, 6) is -0.885. The van der Waals surface area contributed by atoms with Crippen LogP contribution in [0.5, 0.6) is 0 Å². The van der Waals surface area contributed by atoms with Crippen molar-refractivity contribution in [3.05, 3.63) is 69.7 Å². The first kappa shape index (κ1) is 19.2. The van der Waals surface area contributed by atoms with Crippen LogP contribution in [-0.4, -0.2) is 27.5 Å². The first-order valence-corrected chi connectivity index (χ1v) is 9.98. The van der Waals surface area contributed by atoms with Crippen molar-refractivity contribution in [1.82, 2.24) is 10.2 Å². The SMILES string of the molecule is O=C1CCC[C@@]2(O)[C@H]1[C@@H](c1ccc(Cl)cc1Cl)NC(=O)N2Cc1ccccc1. The van der Waals surface area contributed by atoms with Crippen molar-refractivity contribution < 1.29 is 14.7 Å². The van der Waals surface area contributed by atoms with Crippen LogP contribution in [0, 0.1) is 5.92 Å². The molecule has 2 aromatic rings. The van der Waals surface area contributed by atoms with Gasteiger partial charge in [0.05, 0.1) is 18.5 Å². The van der Waals surface area contributed by atoms with Crippen molar-refractivity contribution >= 4 is 35.0 Å². The Bertz CT molecular complexity index is 921. The van der Waals surface area contributed by atoms with Gasteiger partial charge in [-0.2, -0.15) is 0 Å². The van der Waals surface area contributed by atoms with E-state index in [0.717, 1.165) is 5.56 Å². The zero-order valence-electron chi connectivity index (χ0n) is 15.1. The number of fused-ring (bicyclic) bond motifs is 1. The van der Waals surface area contributed by atoms with E-state index in [1.54, 1.807) is 18.2 Å². The zero-order chi connectivity index (χ0) is 19.9. The summed E-state index contributed by atoms with van der Waals surface area (Å²) in [6.45, 7) is 0.216. The van der Waals surface area contributed by atoms with E-state index in [4.69, 9.17) is 23.2 Å². The lowest BCUT2D eigenvalue weighted by Crippen LogP contribution is -2.69. The summed E-state index contributed by atoms with van der Waals surface area (Å²) in [5.41, 5.74) is -0.107. The molecule has 5 nitrogen and oxygen atoms in total. The first-order valence-electron chi connectivity index (χ1n) is 9.22. The van der Waals surface area contributed by atoms with Gasteiger partial charge in [-0.1, -0.05) is 59.6 Å². The van der Waals surface area contributed by atoms with Gasteiger partial charge in [-0.05, 0) is 36.1 Å². The number of nitrogens with zero attached hydrogens (tertiary/aromatic N) is 1. The van der Waals surface area contributed by atoms with E-state index in [2.05, 4.69) is 5.32 Å². The number of hydrogen-bond acceptors (Lipinski definition) is 3. The highest BCUT2D eigenvalue weighted by atomic mass is 35.5. The maximum atomic E-state index is 13.0. The summed E-state index contributed by atoms with van der Waals surface area (Å²) in [4.78, 5) is 27.3. The van der Waals surface area contributed by atoms with E-state index < -0.39 is 23.7 Å². The second kappa shape index (κ2) is 7.39. The number of carbonyl (C=O) groups excluding carboxylic acids is 2. The minimum absolute atomic E-state index is 0.0807. The molecule has 28 heavy (non-hydrogen) atoms. The Hall–Kier alpha value is -2.08. The molecule has 1 aliphatic carbocycles. The molecule has 1 heterocycles. The monoisotopic (exact) mass is 418 g/mol. The van der Waals surface area contributed by atoms with Gasteiger partial charge >= 0.3 is 6.03 Å². The standard InChI is InChI=1S/C21H20Cl2N2O3/c22-14-8-9-15(16(23)11-14)19-18-17(26)7-4-10-21(18,28)25(20(27)24-19)12-13-5-2-1-3-6-13/h1-3,5-6,8-9,11,18-19,28H,4,7,10,12H2,(H,24,27)/t18-,19-,21-/m1/s1. The number of carbonyl (C=O) groups is 2. The molecule has 2 amide bonds. The van der Waals surface area contributed by atoms with E-state index in [9.17, 15) is 14.7 Å². The maximum Gasteiger partial charge on any atom is 0.320 e. The number of hydrogen-bond donors (Lipinski definition) is 2. The fourth-order valence-electron chi connectivity index (χ4n) is 4.30. The summed E-state index contributed by atoms with van der Waals surface area (Å²) in [6, 6.07) is 13.2. The van der Waals surface area contributed by atoms with E-state index in [1.807, 2.05) is 30.3 Å². The van der Waals surface area contributed by atoms with E-state index in [1.165, 1.54) is 4.90 Å². The third kappa shape index (κ3) is 3.28. The highest BCUT2D eigenvalue weighted by Crippen LogP contribution is 2.46. The van der Waals surface area contributed by atoms with Crippen LogP contribution in [0.3, 0.4) is 0 Å². The molecule has 4 rings (SSSR count). The van der Waals surface area contributed by atoms with Gasteiger partial charge in [-0.25, -0.2) is 4.79 Å². The largest absolute Gasteiger partial charge is 0.370 e. The Balaban J connectivity index is 1.75. The van der Waals surface area contributed by atoms with Crippen molar-refractivity contribution in [3.8, 4) is 0 Å². The highest BCUT2D eigenvalue weighted by Gasteiger charge is 2.57. The minimum atomic E-state index is -1.57. The van der Waals surface area contributed by atoms with Crippen LogP contribution in [0.4, 0.5) is 4.79 Å². The Kier molecular flexibility index (Phi) is 5.08. The second-order valence-electron chi connectivity index (χ2n) is 7.34. The Labute approximate surface area is 173 Å². The predicted molar refractivity (Wildman–Crippen MR) is 107 cm³/mol. The fraction of sp³-hybridized carbons (Fsp3) is 0.333. The number of urea groups is 1. The second-order valence-corrected chi connectivity index (χ2v) is 8.18. The number of Topliss-reactive ketones (excluding diaryl/α,β-unsaturated/α-hetero) is 1. The van der Waals surface area contributed by atoms with Crippen molar-refractivity contribution in [2.45, 2.75) is 37.6 Å². The summed E-state index contributed by atoms with van der Waals surface area (Å²) in [7, 11) is 0. The third-order valence-corrected chi connectivity index (χ3v) is 6.18. The minimum Gasteiger partial charge on any atom is -0.370 e. The lowest BCUT2D eigenvalue weighted by molar-refractivity contribution is -0.180. The average Bonchev–Trinajstić information content (AvgIpc) is 2.65. The highest BCUT2D eigenvalue weighted by molar-refractivity contribution is 6.35.